The van der Waals surface area contributed by atoms with E-state index in [0.717, 1.165) is 63.7 Å². The molecule has 5 nitrogen and oxygen atoms in total. The second kappa shape index (κ2) is 7.28. The van der Waals surface area contributed by atoms with Crippen molar-refractivity contribution >= 4 is 11.6 Å². The summed E-state index contributed by atoms with van der Waals surface area (Å²) in [5.41, 5.74) is 1.25. The van der Waals surface area contributed by atoms with Crippen LogP contribution in [0.5, 0.6) is 0 Å². The van der Waals surface area contributed by atoms with Crippen LogP contribution in [0.15, 0.2) is 6.33 Å². The highest BCUT2D eigenvalue weighted by Crippen LogP contribution is 2.25. The smallest absolute Gasteiger partial charge is 0.137 e. The Bertz CT molecular complexity index is 391. The predicted molar refractivity (Wildman–Crippen MR) is 77.8 cm³/mol. The summed E-state index contributed by atoms with van der Waals surface area (Å²) in [6.45, 7) is 8.72. The Balaban J connectivity index is 2.24. The molecule has 2 heterocycles. The van der Waals surface area contributed by atoms with Crippen LogP contribution in [0, 0.1) is 0 Å². The maximum atomic E-state index is 5.42. The molecule has 0 aliphatic carbocycles. The lowest BCUT2D eigenvalue weighted by molar-refractivity contribution is 0.122. The van der Waals surface area contributed by atoms with E-state index in [2.05, 4.69) is 34.0 Å². The molecule has 0 spiro atoms. The van der Waals surface area contributed by atoms with Crippen molar-refractivity contribution in [2.45, 2.75) is 33.1 Å². The topological polar surface area (TPSA) is 50.3 Å². The van der Waals surface area contributed by atoms with Crippen molar-refractivity contribution in [3.8, 4) is 0 Å². The van der Waals surface area contributed by atoms with Crippen molar-refractivity contribution in [3.63, 3.8) is 0 Å². The number of anilines is 2. The molecular formula is C14H24N4O. The van der Waals surface area contributed by atoms with Gasteiger partial charge in [0.15, 0.2) is 0 Å². The lowest BCUT2D eigenvalue weighted by Gasteiger charge is -2.30. The maximum Gasteiger partial charge on any atom is 0.137 e. The summed E-state index contributed by atoms with van der Waals surface area (Å²) < 4.78 is 5.42. The Hall–Kier alpha value is -1.36. The number of aromatic nitrogens is 2. The van der Waals surface area contributed by atoms with Crippen molar-refractivity contribution in [2.75, 3.05) is 43.1 Å². The van der Waals surface area contributed by atoms with Gasteiger partial charge in [-0.3, -0.25) is 0 Å². The molecule has 1 aliphatic rings. The third-order valence-corrected chi connectivity index (χ3v) is 3.28. The Morgan fingerprint density at radius 2 is 2.00 bits per heavy atom. The fraction of sp³-hybridized carbons (Fsp3) is 0.714. The molecule has 0 atom stereocenters. The summed E-state index contributed by atoms with van der Waals surface area (Å²) in [6.07, 6.45) is 4.88. The minimum atomic E-state index is 0.785. The van der Waals surface area contributed by atoms with E-state index in [4.69, 9.17) is 4.74 Å². The summed E-state index contributed by atoms with van der Waals surface area (Å²) in [5, 5.41) is 3.42. The zero-order valence-electron chi connectivity index (χ0n) is 12.0. The normalized spacial score (nSPS) is 15.6. The van der Waals surface area contributed by atoms with Gasteiger partial charge in [-0.2, -0.15) is 0 Å². The lowest BCUT2D eigenvalue weighted by Crippen LogP contribution is -2.37. The van der Waals surface area contributed by atoms with Crippen molar-refractivity contribution in [3.05, 3.63) is 11.9 Å². The highest BCUT2D eigenvalue weighted by molar-refractivity contribution is 5.59. The second-order valence-electron chi connectivity index (χ2n) is 4.80. The quantitative estimate of drug-likeness (QED) is 0.852. The van der Waals surface area contributed by atoms with Gasteiger partial charge < -0.3 is 15.0 Å². The highest BCUT2D eigenvalue weighted by atomic mass is 16.5. The maximum absolute atomic E-state index is 5.42. The fourth-order valence-electron chi connectivity index (χ4n) is 2.33. The van der Waals surface area contributed by atoms with Crippen molar-refractivity contribution in [1.29, 1.82) is 0 Å². The van der Waals surface area contributed by atoms with Gasteiger partial charge in [0.05, 0.1) is 13.2 Å². The van der Waals surface area contributed by atoms with E-state index < -0.39 is 0 Å². The molecule has 0 aromatic carbocycles. The van der Waals surface area contributed by atoms with E-state index >= 15 is 0 Å². The van der Waals surface area contributed by atoms with Crippen LogP contribution < -0.4 is 10.2 Å². The molecule has 1 fully saturated rings. The van der Waals surface area contributed by atoms with E-state index in [1.54, 1.807) is 6.33 Å². The number of morpholine rings is 1. The first kappa shape index (κ1) is 14.1. The first-order chi connectivity index (χ1) is 9.36. The number of hydrogen-bond acceptors (Lipinski definition) is 5. The number of ether oxygens (including phenoxy) is 1. The van der Waals surface area contributed by atoms with Gasteiger partial charge in [-0.25, -0.2) is 9.97 Å². The zero-order valence-corrected chi connectivity index (χ0v) is 12.0. The molecule has 106 valence electrons. The molecular weight excluding hydrogens is 240 g/mol. The van der Waals surface area contributed by atoms with Gasteiger partial charge in [0.2, 0.25) is 0 Å². The van der Waals surface area contributed by atoms with Crippen molar-refractivity contribution in [2.24, 2.45) is 0 Å². The molecule has 0 bridgehead atoms. The van der Waals surface area contributed by atoms with Gasteiger partial charge in [-0.15, -0.1) is 0 Å². The van der Waals surface area contributed by atoms with Crippen LogP contribution in [0.1, 0.15) is 32.3 Å². The SMILES string of the molecule is CCCNc1ncnc(N2CCOCC2)c1CCC. The summed E-state index contributed by atoms with van der Waals surface area (Å²) in [7, 11) is 0. The highest BCUT2D eigenvalue weighted by Gasteiger charge is 2.18. The molecule has 0 saturated carbocycles. The van der Waals surface area contributed by atoms with Crippen LogP contribution >= 0.6 is 0 Å². The summed E-state index contributed by atoms with van der Waals surface area (Å²) >= 11 is 0. The van der Waals surface area contributed by atoms with Gasteiger partial charge in [-0.1, -0.05) is 20.3 Å². The van der Waals surface area contributed by atoms with Gasteiger partial charge >= 0.3 is 0 Å². The molecule has 19 heavy (non-hydrogen) atoms. The average molecular weight is 264 g/mol. The zero-order chi connectivity index (χ0) is 13.5. The molecule has 0 unspecified atom stereocenters. The molecule has 0 radical (unpaired) electrons. The first-order valence-electron chi connectivity index (χ1n) is 7.27. The van der Waals surface area contributed by atoms with Crippen LogP contribution in [0.2, 0.25) is 0 Å². The summed E-state index contributed by atoms with van der Waals surface area (Å²) in [4.78, 5) is 11.2. The third-order valence-electron chi connectivity index (χ3n) is 3.28. The van der Waals surface area contributed by atoms with E-state index in [-0.39, 0.29) is 0 Å². The van der Waals surface area contributed by atoms with Crippen molar-refractivity contribution < 1.29 is 4.74 Å². The summed E-state index contributed by atoms with van der Waals surface area (Å²) in [5.74, 6) is 2.08. The van der Waals surface area contributed by atoms with Crippen molar-refractivity contribution in [1.82, 2.24) is 9.97 Å². The van der Waals surface area contributed by atoms with Gasteiger partial charge in [-0.05, 0) is 12.8 Å². The van der Waals surface area contributed by atoms with Crippen LogP contribution in [-0.2, 0) is 11.2 Å². The number of hydrogen-bond donors (Lipinski definition) is 1. The standard InChI is InChI=1S/C14H24N4O/c1-3-5-12-13(15-6-4-2)16-11-17-14(12)18-7-9-19-10-8-18/h11H,3-10H2,1-2H3,(H,15,16,17). The molecule has 5 heteroatoms. The van der Waals surface area contributed by atoms with Crippen LogP contribution in [0.25, 0.3) is 0 Å². The van der Waals surface area contributed by atoms with Gasteiger partial charge in [0.1, 0.15) is 18.0 Å². The minimum absolute atomic E-state index is 0.785. The third kappa shape index (κ3) is 3.56. The molecule has 1 N–H and O–H groups in total. The largest absolute Gasteiger partial charge is 0.378 e. The lowest BCUT2D eigenvalue weighted by atomic mass is 10.1. The van der Waals surface area contributed by atoms with E-state index in [0.29, 0.717) is 0 Å². The van der Waals surface area contributed by atoms with E-state index in [1.165, 1.54) is 5.56 Å². The van der Waals surface area contributed by atoms with Gasteiger partial charge in [0, 0.05) is 25.2 Å². The van der Waals surface area contributed by atoms with Crippen LogP contribution in [0.3, 0.4) is 0 Å². The minimum Gasteiger partial charge on any atom is -0.378 e. The number of nitrogens with zero attached hydrogens (tertiary/aromatic N) is 3. The molecule has 1 aromatic rings. The first-order valence-corrected chi connectivity index (χ1v) is 7.27. The predicted octanol–water partition coefficient (Wildman–Crippen LogP) is 2.09. The fourth-order valence-corrected chi connectivity index (χ4v) is 2.33. The van der Waals surface area contributed by atoms with Crippen LogP contribution in [0.4, 0.5) is 11.6 Å². The second-order valence-corrected chi connectivity index (χ2v) is 4.80. The molecule has 1 aliphatic heterocycles. The monoisotopic (exact) mass is 264 g/mol. The average Bonchev–Trinajstić information content (AvgIpc) is 2.47. The van der Waals surface area contributed by atoms with E-state index in [9.17, 15) is 0 Å². The van der Waals surface area contributed by atoms with E-state index in [1.807, 2.05) is 0 Å². The molecule has 1 aromatic heterocycles. The number of nitrogens with one attached hydrogen (secondary N) is 1. The molecule has 2 rings (SSSR count). The Labute approximate surface area is 115 Å². The Morgan fingerprint density at radius 3 is 2.68 bits per heavy atom. The Kier molecular flexibility index (Phi) is 5.39. The summed E-state index contributed by atoms with van der Waals surface area (Å²) in [6, 6.07) is 0. The molecule has 1 saturated heterocycles. The number of rotatable bonds is 6. The molecule has 0 amide bonds. The van der Waals surface area contributed by atoms with Crippen LogP contribution in [-0.4, -0.2) is 42.8 Å². The Morgan fingerprint density at radius 1 is 1.21 bits per heavy atom. The van der Waals surface area contributed by atoms with Gasteiger partial charge in [0.25, 0.3) is 0 Å².